The molecule has 0 aliphatic carbocycles. The van der Waals surface area contributed by atoms with Gasteiger partial charge in [0, 0.05) is 27.6 Å². The Kier molecular flexibility index (Phi) is 5.42. The van der Waals surface area contributed by atoms with E-state index in [0.717, 1.165) is 11.8 Å². The number of fused-ring (bicyclic) bond motifs is 1. The van der Waals surface area contributed by atoms with Gasteiger partial charge in [0.1, 0.15) is 11.9 Å². The van der Waals surface area contributed by atoms with Crippen molar-refractivity contribution < 1.29 is 18.7 Å². The Morgan fingerprint density at radius 2 is 2.04 bits per heavy atom. The van der Waals surface area contributed by atoms with Gasteiger partial charge in [-0.05, 0) is 37.1 Å². The SMILES string of the molecule is CCOC(=O)Cc1c(-c2cccc(C=O)c2)c2cc(C)c(Cl)cc2oc1=O. The summed E-state index contributed by atoms with van der Waals surface area (Å²) < 4.78 is 10.4. The van der Waals surface area contributed by atoms with Crippen molar-refractivity contribution in [2.24, 2.45) is 0 Å². The summed E-state index contributed by atoms with van der Waals surface area (Å²) >= 11 is 6.17. The van der Waals surface area contributed by atoms with Crippen molar-refractivity contribution >= 4 is 34.8 Å². The van der Waals surface area contributed by atoms with Crippen molar-refractivity contribution in [1.29, 1.82) is 0 Å². The summed E-state index contributed by atoms with van der Waals surface area (Å²) in [6.45, 7) is 3.74. The zero-order valence-corrected chi connectivity index (χ0v) is 15.6. The van der Waals surface area contributed by atoms with Gasteiger partial charge in [-0.2, -0.15) is 0 Å². The van der Waals surface area contributed by atoms with Gasteiger partial charge in [0.2, 0.25) is 0 Å². The molecular formula is C21H17ClO5. The molecule has 6 heteroatoms. The maximum absolute atomic E-state index is 12.6. The third-order valence-electron chi connectivity index (χ3n) is 4.22. The fraction of sp³-hybridized carbons (Fsp3) is 0.190. The first-order valence-corrected chi connectivity index (χ1v) is 8.79. The second-order valence-corrected chi connectivity index (χ2v) is 6.47. The van der Waals surface area contributed by atoms with Gasteiger partial charge >= 0.3 is 11.6 Å². The first-order valence-electron chi connectivity index (χ1n) is 8.41. The lowest BCUT2D eigenvalue weighted by Crippen LogP contribution is -2.17. The molecule has 0 saturated carbocycles. The normalized spacial score (nSPS) is 10.8. The highest BCUT2D eigenvalue weighted by Gasteiger charge is 2.20. The molecule has 5 nitrogen and oxygen atoms in total. The Labute approximate surface area is 160 Å². The molecule has 1 heterocycles. The molecule has 0 saturated heterocycles. The third kappa shape index (κ3) is 3.78. The Bertz CT molecular complexity index is 1100. The summed E-state index contributed by atoms with van der Waals surface area (Å²) in [5.74, 6) is -0.525. The van der Waals surface area contributed by atoms with Crippen LogP contribution in [0.2, 0.25) is 5.02 Å². The smallest absolute Gasteiger partial charge is 0.340 e. The Hall–Kier alpha value is -2.92. The van der Waals surface area contributed by atoms with Gasteiger partial charge in [-0.25, -0.2) is 4.79 Å². The molecule has 0 bridgehead atoms. The van der Waals surface area contributed by atoms with Crippen LogP contribution in [0.4, 0.5) is 0 Å². The van der Waals surface area contributed by atoms with E-state index in [1.807, 2.05) is 6.92 Å². The topological polar surface area (TPSA) is 73.6 Å². The van der Waals surface area contributed by atoms with E-state index in [1.165, 1.54) is 0 Å². The quantitative estimate of drug-likeness (QED) is 0.371. The molecule has 0 unspecified atom stereocenters. The molecule has 3 rings (SSSR count). The molecule has 0 fully saturated rings. The van der Waals surface area contributed by atoms with Crippen molar-refractivity contribution in [1.82, 2.24) is 0 Å². The van der Waals surface area contributed by atoms with Crippen LogP contribution in [-0.2, 0) is 16.0 Å². The maximum atomic E-state index is 12.6. The van der Waals surface area contributed by atoms with Crippen LogP contribution in [0, 0.1) is 6.92 Å². The van der Waals surface area contributed by atoms with Gasteiger partial charge < -0.3 is 9.15 Å². The second-order valence-electron chi connectivity index (χ2n) is 6.07. The maximum Gasteiger partial charge on any atom is 0.340 e. The minimum absolute atomic E-state index is 0.186. The van der Waals surface area contributed by atoms with Crippen molar-refractivity contribution in [3.8, 4) is 11.1 Å². The number of halogens is 1. The lowest BCUT2D eigenvalue weighted by Gasteiger charge is -2.13. The number of hydrogen-bond acceptors (Lipinski definition) is 5. The number of benzene rings is 2. The van der Waals surface area contributed by atoms with Gasteiger partial charge in [-0.1, -0.05) is 29.8 Å². The van der Waals surface area contributed by atoms with Gasteiger partial charge in [0.15, 0.2) is 0 Å². The number of hydrogen-bond donors (Lipinski definition) is 0. The molecule has 0 amide bonds. The van der Waals surface area contributed by atoms with E-state index in [1.54, 1.807) is 43.3 Å². The fourth-order valence-corrected chi connectivity index (χ4v) is 3.14. The molecule has 0 atom stereocenters. The fourth-order valence-electron chi connectivity index (χ4n) is 2.98. The molecule has 0 aliphatic rings. The van der Waals surface area contributed by atoms with Crippen LogP contribution in [0.3, 0.4) is 0 Å². The highest BCUT2D eigenvalue weighted by Crippen LogP contribution is 2.34. The monoisotopic (exact) mass is 384 g/mol. The predicted octanol–water partition coefficient (Wildman–Crippen LogP) is 4.34. The average molecular weight is 385 g/mol. The number of aryl methyl sites for hydroxylation is 1. The summed E-state index contributed by atoms with van der Waals surface area (Å²) in [5.41, 5.74) is 2.30. The van der Waals surface area contributed by atoms with Gasteiger partial charge in [-0.3, -0.25) is 9.59 Å². The lowest BCUT2D eigenvalue weighted by atomic mass is 9.94. The van der Waals surface area contributed by atoms with Crippen molar-refractivity contribution in [2.45, 2.75) is 20.3 Å². The van der Waals surface area contributed by atoms with Crippen LogP contribution in [-0.4, -0.2) is 18.9 Å². The summed E-state index contributed by atoms with van der Waals surface area (Å²) in [7, 11) is 0. The summed E-state index contributed by atoms with van der Waals surface area (Å²) in [4.78, 5) is 35.9. The highest BCUT2D eigenvalue weighted by molar-refractivity contribution is 6.32. The van der Waals surface area contributed by atoms with Crippen molar-refractivity contribution in [3.63, 3.8) is 0 Å². The number of carbonyl (C=O) groups is 2. The van der Waals surface area contributed by atoms with E-state index < -0.39 is 11.6 Å². The summed E-state index contributed by atoms with van der Waals surface area (Å²) in [5, 5.41) is 1.11. The molecule has 1 aromatic heterocycles. The number of carbonyl (C=O) groups excluding carboxylic acids is 2. The zero-order chi connectivity index (χ0) is 19.6. The third-order valence-corrected chi connectivity index (χ3v) is 4.63. The molecule has 0 aliphatic heterocycles. The van der Waals surface area contributed by atoms with E-state index in [2.05, 4.69) is 0 Å². The molecule has 2 aromatic carbocycles. The number of aldehydes is 1. The van der Waals surface area contributed by atoms with Crippen LogP contribution >= 0.6 is 11.6 Å². The van der Waals surface area contributed by atoms with E-state index in [0.29, 0.717) is 32.7 Å². The van der Waals surface area contributed by atoms with E-state index in [9.17, 15) is 14.4 Å². The van der Waals surface area contributed by atoms with E-state index >= 15 is 0 Å². The molecular weight excluding hydrogens is 368 g/mol. The first kappa shape index (κ1) is 18.9. The van der Waals surface area contributed by atoms with E-state index in [4.69, 9.17) is 20.8 Å². The van der Waals surface area contributed by atoms with Crippen LogP contribution < -0.4 is 5.63 Å². The van der Waals surface area contributed by atoms with Crippen LogP contribution in [0.1, 0.15) is 28.4 Å². The zero-order valence-electron chi connectivity index (χ0n) is 14.9. The highest BCUT2D eigenvalue weighted by atomic mass is 35.5. The van der Waals surface area contributed by atoms with Crippen LogP contribution in [0.15, 0.2) is 45.6 Å². The van der Waals surface area contributed by atoms with Gasteiger partial charge in [0.05, 0.1) is 18.6 Å². The number of rotatable bonds is 5. The predicted molar refractivity (Wildman–Crippen MR) is 103 cm³/mol. The minimum Gasteiger partial charge on any atom is -0.466 e. The summed E-state index contributed by atoms with van der Waals surface area (Å²) in [6.07, 6.45) is 0.499. The number of esters is 1. The Morgan fingerprint density at radius 1 is 1.26 bits per heavy atom. The second kappa shape index (κ2) is 7.76. The largest absolute Gasteiger partial charge is 0.466 e. The van der Waals surface area contributed by atoms with Crippen molar-refractivity contribution in [2.75, 3.05) is 6.61 Å². The van der Waals surface area contributed by atoms with Gasteiger partial charge in [-0.15, -0.1) is 0 Å². The molecule has 0 N–H and O–H groups in total. The average Bonchev–Trinajstić information content (AvgIpc) is 2.64. The standard InChI is InChI=1S/C21H17ClO5/c1-3-26-19(24)9-16-20(14-6-4-5-13(8-14)11-23)15-7-12(2)17(22)10-18(15)27-21(16)25/h4-8,10-11H,3,9H2,1-2H3. The van der Waals surface area contributed by atoms with Gasteiger partial charge in [0.25, 0.3) is 0 Å². The van der Waals surface area contributed by atoms with Crippen LogP contribution in [0.25, 0.3) is 22.1 Å². The molecule has 27 heavy (non-hydrogen) atoms. The molecule has 3 aromatic rings. The van der Waals surface area contributed by atoms with Crippen molar-refractivity contribution in [3.05, 3.63) is 68.5 Å². The molecule has 0 spiro atoms. The lowest BCUT2D eigenvalue weighted by molar-refractivity contribution is -0.142. The summed E-state index contributed by atoms with van der Waals surface area (Å²) in [6, 6.07) is 10.2. The van der Waals surface area contributed by atoms with E-state index in [-0.39, 0.29) is 18.6 Å². The Balaban J connectivity index is 2.36. The minimum atomic E-state index is -0.637. The molecule has 138 valence electrons. The van der Waals surface area contributed by atoms with Crippen LogP contribution in [0.5, 0.6) is 0 Å². The molecule has 0 radical (unpaired) electrons. The Morgan fingerprint density at radius 3 is 2.74 bits per heavy atom. The first-order chi connectivity index (χ1) is 12.9. The number of ether oxygens (including phenoxy) is 1.